The van der Waals surface area contributed by atoms with Gasteiger partial charge in [-0.25, -0.2) is 4.98 Å². The van der Waals surface area contributed by atoms with E-state index in [2.05, 4.69) is 20.9 Å². The number of halogens is 1. The monoisotopic (exact) mass is 269 g/mol. The van der Waals surface area contributed by atoms with Crippen molar-refractivity contribution in [2.45, 2.75) is 6.92 Å². The molecule has 0 saturated carbocycles. The lowest BCUT2D eigenvalue weighted by Crippen LogP contribution is -1.76. The van der Waals surface area contributed by atoms with Crippen LogP contribution in [-0.2, 0) is 0 Å². The van der Waals surface area contributed by atoms with Gasteiger partial charge >= 0.3 is 0 Å². The number of aryl methyl sites for hydroxylation is 1. The fourth-order valence-electron chi connectivity index (χ4n) is 1.10. The first-order valence-corrected chi connectivity index (χ1v) is 5.70. The Labute approximate surface area is 94.4 Å². The molecule has 0 saturated heterocycles. The van der Waals surface area contributed by atoms with Gasteiger partial charge < -0.3 is 5.11 Å². The van der Waals surface area contributed by atoms with Crippen molar-refractivity contribution in [2.75, 3.05) is 0 Å². The highest BCUT2D eigenvalue weighted by molar-refractivity contribution is 9.10. The van der Waals surface area contributed by atoms with E-state index in [1.54, 1.807) is 6.92 Å². The summed E-state index contributed by atoms with van der Waals surface area (Å²) in [7, 11) is 0. The van der Waals surface area contributed by atoms with Gasteiger partial charge in [-0.15, -0.1) is 0 Å². The van der Waals surface area contributed by atoms with E-state index in [9.17, 15) is 5.11 Å². The van der Waals surface area contributed by atoms with Crippen LogP contribution in [0.15, 0.2) is 28.7 Å². The molecule has 2 rings (SSSR count). The molecule has 0 fully saturated rings. The minimum Gasteiger partial charge on any atom is -0.498 e. The van der Waals surface area contributed by atoms with E-state index in [4.69, 9.17) is 0 Å². The van der Waals surface area contributed by atoms with Crippen molar-refractivity contribution < 1.29 is 5.11 Å². The summed E-state index contributed by atoms with van der Waals surface area (Å²) in [6.07, 6.45) is 0. The second-order valence-corrected chi connectivity index (χ2v) is 4.81. The summed E-state index contributed by atoms with van der Waals surface area (Å²) >= 11 is 4.67. The first kappa shape index (κ1) is 9.68. The Morgan fingerprint density at radius 1 is 1.29 bits per heavy atom. The summed E-state index contributed by atoms with van der Waals surface area (Å²) in [4.78, 5) is 4.26. The molecule has 0 aliphatic heterocycles. The lowest BCUT2D eigenvalue weighted by Gasteiger charge is -1.94. The molecule has 0 aliphatic rings. The van der Waals surface area contributed by atoms with Crippen molar-refractivity contribution in [1.82, 2.24) is 4.98 Å². The van der Waals surface area contributed by atoms with E-state index in [0.717, 1.165) is 15.0 Å². The summed E-state index contributed by atoms with van der Waals surface area (Å²) in [5.74, 6) is 0. The van der Waals surface area contributed by atoms with Crippen molar-refractivity contribution in [2.24, 2.45) is 0 Å². The van der Waals surface area contributed by atoms with Gasteiger partial charge in [-0.3, -0.25) is 0 Å². The van der Waals surface area contributed by atoms with Gasteiger partial charge in [-0.2, -0.15) is 0 Å². The van der Waals surface area contributed by atoms with Crippen LogP contribution in [0.1, 0.15) is 5.69 Å². The third-order valence-electron chi connectivity index (χ3n) is 1.86. The molecule has 1 aromatic carbocycles. The van der Waals surface area contributed by atoms with Gasteiger partial charge in [0.2, 0.25) is 0 Å². The highest BCUT2D eigenvalue weighted by atomic mass is 79.9. The molecule has 0 amide bonds. The fraction of sp³-hybridized carbons (Fsp3) is 0.100. The van der Waals surface area contributed by atoms with Crippen LogP contribution in [-0.4, -0.2) is 10.1 Å². The predicted octanol–water partition coefficient (Wildman–Crippen LogP) is 3.59. The molecule has 0 aliphatic carbocycles. The zero-order valence-electron chi connectivity index (χ0n) is 7.49. The Bertz CT molecular complexity index is 430. The number of aromatic hydroxyl groups is 1. The zero-order chi connectivity index (χ0) is 10.1. The van der Waals surface area contributed by atoms with Crippen molar-refractivity contribution >= 4 is 27.3 Å². The Morgan fingerprint density at radius 3 is 2.43 bits per heavy atom. The third-order valence-corrected chi connectivity index (χ3v) is 3.40. The van der Waals surface area contributed by atoms with E-state index in [-0.39, 0.29) is 0 Å². The second kappa shape index (κ2) is 3.71. The van der Waals surface area contributed by atoms with E-state index < -0.39 is 0 Å². The van der Waals surface area contributed by atoms with Crippen LogP contribution in [0.3, 0.4) is 0 Å². The molecule has 0 bridgehead atoms. The Hall–Kier alpha value is -0.870. The predicted molar refractivity (Wildman–Crippen MR) is 61.7 cm³/mol. The maximum Gasteiger partial charge on any atom is 0.195 e. The average Bonchev–Trinajstić information content (AvgIpc) is 2.48. The maximum atomic E-state index is 9.40. The maximum absolute atomic E-state index is 9.40. The molecule has 1 N–H and O–H groups in total. The minimum absolute atomic E-state index is 0.294. The molecular weight excluding hydrogens is 262 g/mol. The molecule has 2 aromatic rings. The summed E-state index contributed by atoms with van der Waals surface area (Å²) in [6.45, 7) is 1.80. The van der Waals surface area contributed by atoms with Crippen LogP contribution < -0.4 is 0 Å². The number of nitrogens with zero attached hydrogens (tertiary/aromatic N) is 1. The van der Waals surface area contributed by atoms with E-state index in [0.29, 0.717) is 10.8 Å². The lowest BCUT2D eigenvalue weighted by molar-refractivity contribution is 0.485. The van der Waals surface area contributed by atoms with Gasteiger partial charge in [0, 0.05) is 10.0 Å². The molecule has 72 valence electrons. The molecule has 0 spiro atoms. The Balaban J connectivity index is 2.44. The Morgan fingerprint density at radius 2 is 1.93 bits per heavy atom. The third kappa shape index (κ3) is 1.81. The SMILES string of the molecule is Cc1nc(-c2ccc(Br)cc2)sc1O. The topological polar surface area (TPSA) is 33.1 Å². The number of benzene rings is 1. The first-order valence-electron chi connectivity index (χ1n) is 4.09. The van der Waals surface area contributed by atoms with Gasteiger partial charge in [0.1, 0.15) is 5.01 Å². The van der Waals surface area contributed by atoms with Gasteiger partial charge in [-0.1, -0.05) is 39.4 Å². The van der Waals surface area contributed by atoms with Crippen LogP contribution in [0.4, 0.5) is 0 Å². The van der Waals surface area contributed by atoms with Gasteiger partial charge in [-0.05, 0) is 19.1 Å². The molecule has 0 radical (unpaired) electrons. The largest absolute Gasteiger partial charge is 0.498 e. The molecule has 0 unspecified atom stereocenters. The summed E-state index contributed by atoms with van der Waals surface area (Å²) in [6, 6.07) is 7.87. The number of thiazole rings is 1. The lowest BCUT2D eigenvalue weighted by atomic mass is 10.2. The molecule has 2 nitrogen and oxygen atoms in total. The first-order chi connectivity index (χ1) is 6.66. The van der Waals surface area contributed by atoms with E-state index in [1.165, 1.54) is 11.3 Å². The van der Waals surface area contributed by atoms with Crippen molar-refractivity contribution in [1.29, 1.82) is 0 Å². The van der Waals surface area contributed by atoms with Gasteiger partial charge in [0.15, 0.2) is 5.06 Å². The smallest absolute Gasteiger partial charge is 0.195 e. The molecule has 4 heteroatoms. The van der Waals surface area contributed by atoms with Crippen LogP contribution in [0.2, 0.25) is 0 Å². The molecule has 1 aromatic heterocycles. The van der Waals surface area contributed by atoms with Crippen molar-refractivity contribution in [3.8, 4) is 15.6 Å². The normalized spacial score (nSPS) is 10.4. The quantitative estimate of drug-likeness (QED) is 0.859. The van der Waals surface area contributed by atoms with E-state index >= 15 is 0 Å². The van der Waals surface area contributed by atoms with Crippen molar-refractivity contribution in [3.63, 3.8) is 0 Å². The number of rotatable bonds is 1. The van der Waals surface area contributed by atoms with Crippen LogP contribution in [0.5, 0.6) is 5.06 Å². The molecule has 1 heterocycles. The average molecular weight is 270 g/mol. The van der Waals surface area contributed by atoms with Gasteiger partial charge in [0.25, 0.3) is 0 Å². The van der Waals surface area contributed by atoms with Crippen LogP contribution in [0.25, 0.3) is 10.6 Å². The highest BCUT2D eigenvalue weighted by Crippen LogP contribution is 2.32. The standard InChI is InChI=1S/C10H8BrNOS/c1-6-10(13)14-9(12-6)7-2-4-8(11)5-3-7/h2-5,13H,1H3. The Kier molecular flexibility index (Phi) is 2.56. The van der Waals surface area contributed by atoms with Crippen molar-refractivity contribution in [3.05, 3.63) is 34.4 Å². The van der Waals surface area contributed by atoms with Crippen LogP contribution >= 0.6 is 27.3 Å². The molecule has 14 heavy (non-hydrogen) atoms. The van der Waals surface area contributed by atoms with Gasteiger partial charge in [0.05, 0.1) is 5.69 Å². The summed E-state index contributed by atoms with van der Waals surface area (Å²) in [5, 5.41) is 10.6. The second-order valence-electron chi connectivity index (χ2n) is 2.92. The summed E-state index contributed by atoms with van der Waals surface area (Å²) < 4.78 is 1.04. The molecular formula is C10H8BrNOS. The number of aromatic nitrogens is 1. The zero-order valence-corrected chi connectivity index (χ0v) is 9.89. The summed E-state index contributed by atoms with van der Waals surface area (Å²) in [5.41, 5.74) is 1.72. The minimum atomic E-state index is 0.294. The number of hydrogen-bond donors (Lipinski definition) is 1. The van der Waals surface area contributed by atoms with Crippen LogP contribution in [0, 0.1) is 6.92 Å². The fourth-order valence-corrected chi connectivity index (χ4v) is 2.18. The highest BCUT2D eigenvalue weighted by Gasteiger charge is 2.07. The molecule has 0 atom stereocenters. The van der Waals surface area contributed by atoms with E-state index in [1.807, 2.05) is 24.3 Å². The number of hydrogen-bond acceptors (Lipinski definition) is 3.